The monoisotopic (exact) mass is 405 g/mol. The van der Waals surface area contributed by atoms with Crippen LogP contribution >= 0.6 is 34.2 Å². The Bertz CT molecular complexity index is 677. The highest BCUT2D eigenvalue weighted by atomic mass is 127. The van der Waals surface area contributed by atoms with Crippen LogP contribution in [0.15, 0.2) is 18.2 Å². The summed E-state index contributed by atoms with van der Waals surface area (Å²) >= 11 is 8.39. The predicted molar refractivity (Wildman–Crippen MR) is 84.7 cm³/mol. The van der Waals surface area contributed by atoms with Crippen LogP contribution in [-0.4, -0.2) is 26.1 Å². The molecule has 1 N–H and O–H groups in total. The Morgan fingerprint density at radius 2 is 2.05 bits per heavy atom. The Labute approximate surface area is 135 Å². The van der Waals surface area contributed by atoms with Crippen molar-refractivity contribution < 1.29 is 9.90 Å². The van der Waals surface area contributed by atoms with Gasteiger partial charge in [0, 0.05) is 8.99 Å². The molecule has 7 heteroatoms. The van der Waals surface area contributed by atoms with Gasteiger partial charge in [-0.15, -0.1) is 5.10 Å². The van der Waals surface area contributed by atoms with Gasteiger partial charge < -0.3 is 5.11 Å². The zero-order chi connectivity index (χ0) is 15.1. The Hall–Kier alpha value is -1.15. The topological polar surface area (TPSA) is 68.0 Å². The summed E-state index contributed by atoms with van der Waals surface area (Å²) in [5.74, 6) is -1.09. The van der Waals surface area contributed by atoms with Crippen molar-refractivity contribution in [3.63, 3.8) is 0 Å². The largest absolute Gasteiger partial charge is 0.476 e. The third-order valence-electron chi connectivity index (χ3n) is 2.72. The van der Waals surface area contributed by atoms with E-state index in [9.17, 15) is 9.90 Å². The molecule has 0 atom stereocenters. The minimum Gasteiger partial charge on any atom is -0.476 e. The summed E-state index contributed by atoms with van der Waals surface area (Å²) in [7, 11) is 0. The van der Waals surface area contributed by atoms with Gasteiger partial charge in [-0.1, -0.05) is 37.6 Å². The zero-order valence-electron chi connectivity index (χ0n) is 11.2. The summed E-state index contributed by atoms with van der Waals surface area (Å²) < 4.78 is 2.49. The quantitative estimate of drug-likeness (QED) is 0.776. The molecule has 0 bridgehead atoms. The fraction of sp³-hybridized carbons (Fsp3) is 0.308. The average Bonchev–Trinajstić information content (AvgIpc) is 2.73. The molecule has 0 unspecified atom stereocenters. The van der Waals surface area contributed by atoms with Gasteiger partial charge in [-0.2, -0.15) is 0 Å². The maximum Gasteiger partial charge on any atom is 0.358 e. The number of halogens is 2. The first kappa shape index (κ1) is 15.2. The van der Waals surface area contributed by atoms with Crippen molar-refractivity contribution >= 4 is 40.2 Å². The highest BCUT2D eigenvalue weighted by Gasteiger charge is 2.30. The van der Waals surface area contributed by atoms with Crippen LogP contribution in [0.2, 0.25) is 5.02 Å². The number of hydrogen-bond acceptors (Lipinski definition) is 3. The van der Waals surface area contributed by atoms with Crippen LogP contribution in [0.3, 0.4) is 0 Å². The molecular weight excluding hydrogens is 393 g/mol. The van der Waals surface area contributed by atoms with Crippen molar-refractivity contribution in [2.45, 2.75) is 26.2 Å². The van der Waals surface area contributed by atoms with E-state index in [-0.39, 0.29) is 5.69 Å². The van der Waals surface area contributed by atoms with E-state index in [4.69, 9.17) is 11.6 Å². The molecule has 0 fully saturated rings. The summed E-state index contributed by atoms with van der Waals surface area (Å²) in [6.07, 6.45) is 0. The van der Waals surface area contributed by atoms with Crippen LogP contribution in [0.1, 0.15) is 37.0 Å². The molecule has 0 aliphatic carbocycles. The van der Waals surface area contributed by atoms with Crippen LogP contribution in [-0.2, 0) is 5.41 Å². The van der Waals surface area contributed by atoms with E-state index in [0.29, 0.717) is 16.4 Å². The van der Waals surface area contributed by atoms with E-state index in [2.05, 4.69) is 32.9 Å². The van der Waals surface area contributed by atoms with Gasteiger partial charge in [-0.3, -0.25) is 0 Å². The lowest BCUT2D eigenvalue weighted by atomic mass is 9.90. The predicted octanol–water partition coefficient (Wildman–Crippen LogP) is 3.52. The van der Waals surface area contributed by atoms with E-state index in [1.165, 1.54) is 4.68 Å². The molecular formula is C13H13ClIN3O2. The van der Waals surface area contributed by atoms with Gasteiger partial charge in [0.25, 0.3) is 0 Å². The van der Waals surface area contributed by atoms with E-state index >= 15 is 0 Å². The van der Waals surface area contributed by atoms with Crippen LogP contribution in [0.25, 0.3) is 5.69 Å². The molecule has 0 aliphatic heterocycles. The Morgan fingerprint density at radius 1 is 1.40 bits per heavy atom. The molecule has 1 aromatic heterocycles. The summed E-state index contributed by atoms with van der Waals surface area (Å²) in [5, 5.41) is 17.5. The molecule has 1 heterocycles. The number of benzene rings is 1. The zero-order valence-corrected chi connectivity index (χ0v) is 14.1. The molecule has 0 aliphatic rings. The molecule has 5 nitrogen and oxygen atoms in total. The third kappa shape index (κ3) is 2.80. The smallest absolute Gasteiger partial charge is 0.358 e. The number of aromatic nitrogens is 3. The lowest BCUT2D eigenvalue weighted by molar-refractivity contribution is 0.0687. The van der Waals surface area contributed by atoms with Gasteiger partial charge in [0.1, 0.15) is 0 Å². The summed E-state index contributed by atoms with van der Waals surface area (Å²) in [6, 6.07) is 5.49. The molecule has 0 saturated carbocycles. The van der Waals surface area contributed by atoms with Crippen LogP contribution in [0.5, 0.6) is 0 Å². The Kier molecular flexibility index (Phi) is 4.06. The van der Waals surface area contributed by atoms with E-state index in [1.807, 2.05) is 26.8 Å². The number of rotatable bonds is 2. The van der Waals surface area contributed by atoms with E-state index in [0.717, 1.165) is 3.57 Å². The van der Waals surface area contributed by atoms with Crippen LogP contribution in [0, 0.1) is 3.57 Å². The molecule has 0 amide bonds. The minimum absolute atomic E-state index is 0.0490. The number of nitrogens with zero attached hydrogens (tertiary/aromatic N) is 3. The van der Waals surface area contributed by atoms with Gasteiger partial charge in [0.05, 0.1) is 16.4 Å². The first-order valence-corrected chi connectivity index (χ1v) is 7.32. The SMILES string of the molecule is CC(C)(C)c1c(C(=O)O)nnn1-c1ccc(I)cc1Cl. The summed E-state index contributed by atoms with van der Waals surface area (Å²) in [6.45, 7) is 5.74. The molecule has 1 aromatic carbocycles. The first-order chi connectivity index (χ1) is 9.21. The number of hydrogen-bond donors (Lipinski definition) is 1. The standard InChI is InChI=1S/C13H13ClIN3O2/c1-13(2,3)11-10(12(19)20)16-17-18(11)9-5-4-7(15)6-8(9)14/h4-6H,1-3H3,(H,19,20). The normalized spacial score (nSPS) is 11.7. The second-order valence-electron chi connectivity index (χ2n) is 5.35. The molecule has 2 rings (SSSR count). The van der Waals surface area contributed by atoms with Crippen molar-refractivity contribution in [3.8, 4) is 5.69 Å². The van der Waals surface area contributed by atoms with Gasteiger partial charge in [0.2, 0.25) is 0 Å². The molecule has 2 aromatic rings. The van der Waals surface area contributed by atoms with Crippen molar-refractivity contribution in [3.05, 3.63) is 38.2 Å². The second-order valence-corrected chi connectivity index (χ2v) is 7.00. The number of carboxylic acids is 1. The Balaban J connectivity index is 2.72. The van der Waals surface area contributed by atoms with Crippen molar-refractivity contribution in [1.29, 1.82) is 0 Å². The van der Waals surface area contributed by atoms with Gasteiger partial charge in [0.15, 0.2) is 5.69 Å². The summed E-state index contributed by atoms with van der Waals surface area (Å²) in [5.41, 5.74) is 0.668. The van der Waals surface area contributed by atoms with E-state index < -0.39 is 11.4 Å². The van der Waals surface area contributed by atoms with E-state index in [1.54, 1.807) is 12.1 Å². The first-order valence-electron chi connectivity index (χ1n) is 5.86. The highest BCUT2D eigenvalue weighted by Crippen LogP contribution is 2.30. The fourth-order valence-corrected chi connectivity index (χ4v) is 2.86. The molecule has 20 heavy (non-hydrogen) atoms. The molecule has 0 saturated heterocycles. The maximum atomic E-state index is 11.3. The lowest BCUT2D eigenvalue weighted by Crippen LogP contribution is -2.21. The van der Waals surface area contributed by atoms with Gasteiger partial charge >= 0.3 is 5.97 Å². The fourth-order valence-electron chi connectivity index (χ4n) is 1.92. The van der Waals surface area contributed by atoms with Crippen molar-refractivity contribution in [2.75, 3.05) is 0 Å². The molecule has 106 valence electrons. The van der Waals surface area contributed by atoms with Crippen LogP contribution < -0.4 is 0 Å². The third-order valence-corrected chi connectivity index (χ3v) is 3.69. The maximum absolute atomic E-state index is 11.3. The number of aromatic carboxylic acids is 1. The number of carbonyl (C=O) groups is 1. The molecule has 0 radical (unpaired) electrons. The van der Waals surface area contributed by atoms with Crippen molar-refractivity contribution in [1.82, 2.24) is 15.0 Å². The van der Waals surface area contributed by atoms with Gasteiger partial charge in [-0.25, -0.2) is 9.48 Å². The minimum atomic E-state index is -1.09. The Morgan fingerprint density at radius 3 is 2.55 bits per heavy atom. The second kappa shape index (κ2) is 5.33. The molecule has 0 spiro atoms. The van der Waals surface area contributed by atoms with Crippen LogP contribution in [0.4, 0.5) is 0 Å². The summed E-state index contributed by atoms with van der Waals surface area (Å²) in [4.78, 5) is 11.3. The van der Waals surface area contributed by atoms with Gasteiger partial charge in [-0.05, 0) is 40.8 Å². The average molecular weight is 406 g/mol. The highest BCUT2D eigenvalue weighted by molar-refractivity contribution is 14.1. The van der Waals surface area contributed by atoms with Crippen molar-refractivity contribution in [2.24, 2.45) is 0 Å². The number of carboxylic acid groups (broad SMARTS) is 1. The lowest BCUT2D eigenvalue weighted by Gasteiger charge is -2.20.